The highest BCUT2D eigenvalue weighted by Gasteiger charge is 2.12. The van der Waals surface area contributed by atoms with Crippen molar-refractivity contribution in [2.75, 3.05) is 18.5 Å². The molecule has 0 aliphatic heterocycles. The molecule has 0 unspecified atom stereocenters. The van der Waals surface area contributed by atoms with Crippen molar-refractivity contribution < 1.29 is 14.3 Å². The van der Waals surface area contributed by atoms with Crippen LogP contribution in [0.15, 0.2) is 53.4 Å². The lowest BCUT2D eigenvalue weighted by molar-refractivity contribution is -0.112. The molecule has 0 fully saturated rings. The molecule has 0 radical (unpaired) electrons. The number of benzene rings is 2. The predicted molar refractivity (Wildman–Crippen MR) is 123 cm³/mol. The fourth-order valence-corrected chi connectivity index (χ4v) is 3.56. The first-order chi connectivity index (χ1) is 14.9. The number of nitrogens with zero attached hydrogens (tertiary/aromatic N) is 2. The Bertz CT molecular complexity index is 1150. The summed E-state index contributed by atoms with van der Waals surface area (Å²) in [7, 11) is 0. The highest BCUT2D eigenvalue weighted by atomic mass is 35.5. The van der Waals surface area contributed by atoms with Crippen molar-refractivity contribution in [1.29, 1.82) is 5.26 Å². The molecule has 1 amide bonds. The highest BCUT2D eigenvalue weighted by molar-refractivity contribution is 7.13. The third-order valence-corrected chi connectivity index (χ3v) is 5.24. The van der Waals surface area contributed by atoms with Crippen LogP contribution in [0.2, 0.25) is 5.02 Å². The zero-order valence-electron chi connectivity index (χ0n) is 17.0. The second-order valence-electron chi connectivity index (χ2n) is 6.62. The Morgan fingerprint density at radius 2 is 2.03 bits per heavy atom. The number of hydrogen-bond donors (Lipinski definition) is 1. The maximum absolute atomic E-state index is 12.3. The summed E-state index contributed by atoms with van der Waals surface area (Å²) in [4.78, 5) is 16.5. The van der Waals surface area contributed by atoms with E-state index in [-0.39, 0.29) is 5.57 Å². The summed E-state index contributed by atoms with van der Waals surface area (Å²) in [6.45, 7) is 4.52. The SMILES string of the molecule is Cc1cccc(OCCOc2ccc(/C=C(/C#N)C(=O)Nc3nc(C)cs3)cc2Cl)c1. The summed E-state index contributed by atoms with van der Waals surface area (Å²) in [6.07, 6.45) is 1.46. The number of carbonyl (C=O) groups is 1. The maximum Gasteiger partial charge on any atom is 0.268 e. The van der Waals surface area contributed by atoms with E-state index in [9.17, 15) is 10.1 Å². The van der Waals surface area contributed by atoms with E-state index >= 15 is 0 Å². The van der Waals surface area contributed by atoms with Gasteiger partial charge in [0.15, 0.2) is 5.13 Å². The van der Waals surface area contributed by atoms with Crippen LogP contribution in [-0.4, -0.2) is 24.1 Å². The molecule has 0 saturated heterocycles. The third-order valence-electron chi connectivity index (χ3n) is 4.07. The summed E-state index contributed by atoms with van der Waals surface area (Å²) < 4.78 is 11.3. The number of aromatic nitrogens is 1. The third kappa shape index (κ3) is 6.57. The van der Waals surface area contributed by atoms with E-state index in [4.69, 9.17) is 21.1 Å². The van der Waals surface area contributed by atoms with Crippen LogP contribution >= 0.6 is 22.9 Å². The number of nitrogens with one attached hydrogen (secondary N) is 1. The fourth-order valence-electron chi connectivity index (χ4n) is 2.63. The summed E-state index contributed by atoms with van der Waals surface area (Å²) in [6, 6.07) is 14.7. The predicted octanol–water partition coefficient (Wildman–Crippen LogP) is 5.42. The Kier molecular flexibility index (Phi) is 7.65. The van der Waals surface area contributed by atoms with Gasteiger partial charge in [-0.1, -0.05) is 29.8 Å². The van der Waals surface area contributed by atoms with Gasteiger partial charge in [-0.3, -0.25) is 10.1 Å². The van der Waals surface area contributed by atoms with E-state index in [1.54, 1.807) is 18.2 Å². The second-order valence-corrected chi connectivity index (χ2v) is 7.89. The van der Waals surface area contributed by atoms with Gasteiger partial charge in [-0.15, -0.1) is 11.3 Å². The van der Waals surface area contributed by atoms with Crippen LogP contribution in [-0.2, 0) is 4.79 Å². The Morgan fingerprint density at radius 1 is 1.23 bits per heavy atom. The monoisotopic (exact) mass is 453 g/mol. The minimum absolute atomic E-state index is 0.0517. The van der Waals surface area contributed by atoms with Crippen molar-refractivity contribution in [3.05, 3.63) is 75.3 Å². The molecule has 1 heterocycles. The maximum atomic E-state index is 12.3. The van der Waals surface area contributed by atoms with Crippen LogP contribution in [0.1, 0.15) is 16.8 Å². The number of amides is 1. The minimum Gasteiger partial charge on any atom is -0.490 e. The Morgan fingerprint density at radius 3 is 2.71 bits per heavy atom. The van der Waals surface area contributed by atoms with Crippen molar-refractivity contribution in [3.8, 4) is 17.6 Å². The quantitative estimate of drug-likeness (QED) is 0.280. The minimum atomic E-state index is -0.526. The van der Waals surface area contributed by atoms with Gasteiger partial charge in [0.2, 0.25) is 0 Å². The van der Waals surface area contributed by atoms with E-state index in [0.29, 0.717) is 34.7 Å². The first-order valence-electron chi connectivity index (χ1n) is 9.41. The smallest absolute Gasteiger partial charge is 0.268 e. The number of ether oxygens (including phenoxy) is 2. The lowest BCUT2D eigenvalue weighted by atomic mass is 10.1. The Labute approximate surface area is 189 Å². The molecule has 2 aromatic carbocycles. The van der Waals surface area contributed by atoms with Gasteiger partial charge in [-0.05, 0) is 55.3 Å². The van der Waals surface area contributed by atoms with E-state index in [1.807, 2.05) is 49.6 Å². The molecular weight excluding hydrogens is 434 g/mol. The number of rotatable bonds is 8. The van der Waals surface area contributed by atoms with Gasteiger partial charge >= 0.3 is 0 Å². The van der Waals surface area contributed by atoms with Gasteiger partial charge < -0.3 is 9.47 Å². The Balaban J connectivity index is 1.58. The second kappa shape index (κ2) is 10.6. The van der Waals surface area contributed by atoms with Gasteiger partial charge in [-0.2, -0.15) is 5.26 Å². The molecule has 158 valence electrons. The first kappa shape index (κ1) is 22.3. The van der Waals surface area contributed by atoms with E-state index in [1.165, 1.54) is 17.4 Å². The largest absolute Gasteiger partial charge is 0.490 e. The number of halogens is 1. The summed E-state index contributed by atoms with van der Waals surface area (Å²) >= 11 is 7.60. The molecule has 1 N–H and O–H groups in total. The fraction of sp³-hybridized carbons (Fsp3) is 0.174. The number of hydrogen-bond acceptors (Lipinski definition) is 6. The summed E-state index contributed by atoms with van der Waals surface area (Å²) in [5, 5.41) is 14.6. The average molecular weight is 454 g/mol. The molecule has 6 nitrogen and oxygen atoms in total. The van der Waals surface area contributed by atoms with Crippen molar-refractivity contribution in [3.63, 3.8) is 0 Å². The van der Waals surface area contributed by atoms with Crippen LogP contribution in [0, 0.1) is 25.2 Å². The van der Waals surface area contributed by atoms with E-state index < -0.39 is 5.91 Å². The molecule has 3 rings (SSSR count). The molecule has 3 aromatic rings. The van der Waals surface area contributed by atoms with Crippen molar-refractivity contribution in [2.24, 2.45) is 0 Å². The Hall–Kier alpha value is -3.34. The van der Waals surface area contributed by atoms with E-state index in [0.717, 1.165) is 17.0 Å². The van der Waals surface area contributed by atoms with Crippen LogP contribution in [0.5, 0.6) is 11.5 Å². The molecular formula is C23H20ClN3O3S. The number of thiazole rings is 1. The summed E-state index contributed by atoms with van der Waals surface area (Å²) in [5.74, 6) is 0.750. The normalized spacial score (nSPS) is 11.0. The lowest BCUT2D eigenvalue weighted by Crippen LogP contribution is -2.13. The zero-order valence-corrected chi connectivity index (χ0v) is 18.6. The average Bonchev–Trinajstić information content (AvgIpc) is 3.15. The van der Waals surface area contributed by atoms with Gasteiger partial charge in [0, 0.05) is 5.38 Å². The van der Waals surface area contributed by atoms with Gasteiger partial charge in [0.1, 0.15) is 36.4 Å². The molecule has 8 heteroatoms. The first-order valence-corrected chi connectivity index (χ1v) is 10.7. The van der Waals surface area contributed by atoms with Crippen LogP contribution in [0.4, 0.5) is 5.13 Å². The molecule has 0 saturated carbocycles. The van der Waals surface area contributed by atoms with Crippen molar-refractivity contribution >= 4 is 40.1 Å². The molecule has 1 aromatic heterocycles. The number of anilines is 1. The standard InChI is InChI=1S/C23H20ClN3O3S/c1-15-4-3-5-19(10-15)29-8-9-30-21-7-6-17(12-20(21)24)11-18(13-25)22(28)27-23-26-16(2)14-31-23/h3-7,10-12,14H,8-9H2,1-2H3,(H,26,27,28)/b18-11-. The molecule has 0 atom stereocenters. The lowest BCUT2D eigenvalue weighted by Gasteiger charge is -2.10. The number of aryl methyl sites for hydroxylation is 2. The number of nitriles is 1. The zero-order chi connectivity index (χ0) is 22.2. The van der Waals surface area contributed by atoms with Crippen LogP contribution in [0.25, 0.3) is 6.08 Å². The molecule has 0 aliphatic rings. The van der Waals surface area contributed by atoms with Gasteiger partial charge in [-0.25, -0.2) is 4.98 Å². The van der Waals surface area contributed by atoms with Crippen molar-refractivity contribution in [2.45, 2.75) is 13.8 Å². The number of carbonyl (C=O) groups excluding carboxylic acids is 1. The summed E-state index contributed by atoms with van der Waals surface area (Å²) in [5.41, 5.74) is 2.48. The molecule has 0 bridgehead atoms. The molecule has 0 spiro atoms. The molecule has 31 heavy (non-hydrogen) atoms. The highest BCUT2D eigenvalue weighted by Crippen LogP contribution is 2.27. The van der Waals surface area contributed by atoms with Gasteiger partial charge in [0.25, 0.3) is 5.91 Å². The van der Waals surface area contributed by atoms with Crippen LogP contribution in [0.3, 0.4) is 0 Å². The van der Waals surface area contributed by atoms with Gasteiger partial charge in [0.05, 0.1) is 10.7 Å². The molecule has 0 aliphatic carbocycles. The van der Waals surface area contributed by atoms with Crippen LogP contribution < -0.4 is 14.8 Å². The van der Waals surface area contributed by atoms with Crippen molar-refractivity contribution in [1.82, 2.24) is 4.98 Å². The van der Waals surface area contributed by atoms with E-state index in [2.05, 4.69) is 10.3 Å². The topological polar surface area (TPSA) is 84.2 Å².